The Morgan fingerprint density at radius 2 is 2.08 bits per heavy atom. The zero-order chi connectivity index (χ0) is 27.4. The Kier molecular flexibility index (Phi) is 6.43. The second-order valence-corrected chi connectivity index (χ2v) is 10.3. The van der Waals surface area contributed by atoms with Gasteiger partial charge in [-0.1, -0.05) is 19.1 Å². The highest BCUT2D eigenvalue weighted by Crippen LogP contribution is 2.37. The number of nitrogens with one attached hydrogen (secondary N) is 1. The predicted molar refractivity (Wildman–Crippen MR) is 141 cm³/mol. The van der Waals surface area contributed by atoms with Gasteiger partial charge in [-0.2, -0.15) is 10.4 Å². The van der Waals surface area contributed by atoms with Gasteiger partial charge in [0, 0.05) is 48.9 Å². The summed E-state index contributed by atoms with van der Waals surface area (Å²) in [7, 11) is 1.79. The van der Waals surface area contributed by atoms with E-state index in [1.807, 2.05) is 19.9 Å². The number of hydrogen-bond donors (Lipinski definition) is 1. The van der Waals surface area contributed by atoms with Crippen molar-refractivity contribution in [3.05, 3.63) is 59.1 Å². The minimum atomic E-state index is -1.59. The molecule has 3 aromatic rings. The second kappa shape index (κ2) is 9.48. The molecular weight excluding hydrogens is 488 g/mol. The van der Waals surface area contributed by atoms with Crippen molar-refractivity contribution in [1.82, 2.24) is 29.5 Å². The molecule has 2 unspecified atom stereocenters. The van der Waals surface area contributed by atoms with Crippen molar-refractivity contribution in [3.8, 4) is 11.8 Å². The number of carbonyl (C=O) groups is 1. The first-order valence-corrected chi connectivity index (χ1v) is 12.8. The third-order valence-electron chi connectivity index (χ3n) is 7.72. The van der Waals surface area contributed by atoms with Gasteiger partial charge in [-0.25, -0.2) is 13.8 Å². The Morgan fingerprint density at radius 3 is 2.76 bits per heavy atom. The summed E-state index contributed by atoms with van der Waals surface area (Å²) in [5.41, 5.74) is 1.27. The number of nitrogens with zero attached hydrogens (tertiary/aromatic N) is 6. The fraction of sp³-hybridized carbons (Fsp3) is 0.429. The summed E-state index contributed by atoms with van der Waals surface area (Å²) >= 11 is 0. The van der Waals surface area contributed by atoms with Crippen molar-refractivity contribution < 1.29 is 13.6 Å². The topological polar surface area (TPSA) is 91.8 Å². The van der Waals surface area contributed by atoms with Crippen LogP contribution in [-0.2, 0) is 7.05 Å². The van der Waals surface area contributed by atoms with Gasteiger partial charge in [0.25, 0.3) is 5.91 Å². The molecule has 0 spiro atoms. The van der Waals surface area contributed by atoms with E-state index in [0.29, 0.717) is 29.9 Å². The van der Waals surface area contributed by atoms with Gasteiger partial charge in [-0.05, 0) is 45.9 Å². The lowest BCUT2D eigenvalue weighted by Gasteiger charge is -2.24. The van der Waals surface area contributed by atoms with Crippen molar-refractivity contribution in [2.24, 2.45) is 12.5 Å². The van der Waals surface area contributed by atoms with Crippen molar-refractivity contribution in [1.29, 1.82) is 5.26 Å². The van der Waals surface area contributed by atoms with Crippen LogP contribution in [0.2, 0.25) is 0 Å². The number of likely N-dealkylation sites (N-methyl/N-ethyl adjacent to an activating group) is 1. The first kappa shape index (κ1) is 25.8. The highest BCUT2D eigenvalue weighted by molar-refractivity contribution is 5.95. The molecule has 1 saturated heterocycles. The van der Waals surface area contributed by atoms with Crippen molar-refractivity contribution >= 4 is 22.4 Å². The van der Waals surface area contributed by atoms with Crippen molar-refractivity contribution in [2.45, 2.75) is 46.3 Å². The van der Waals surface area contributed by atoms with E-state index in [4.69, 9.17) is 0 Å². The molecule has 1 amide bonds. The monoisotopic (exact) mass is 519 g/mol. The summed E-state index contributed by atoms with van der Waals surface area (Å²) in [5.74, 6) is -0.545. The molecule has 3 atom stereocenters. The minimum absolute atomic E-state index is 0.192. The van der Waals surface area contributed by atoms with Crippen LogP contribution in [0, 0.1) is 36.4 Å². The van der Waals surface area contributed by atoms with Crippen LogP contribution < -0.4 is 5.32 Å². The lowest BCUT2D eigenvalue weighted by Crippen LogP contribution is -2.35. The number of carbonyl (C=O) groups excluding carboxylic acids is 1. The van der Waals surface area contributed by atoms with Crippen LogP contribution in [0.15, 0.2) is 30.4 Å². The maximum absolute atomic E-state index is 15.6. The Bertz CT molecular complexity index is 1540. The smallest absolute Gasteiger partial charge is 0.274 e. The molecule has 0 radical (unpaired) electrons. The zero-order valence-corrected chi connectivity index (χ0v) is 22.2. The summed E-state index contributed by atoms with van der Waals surface area (Å²) < 4.78 is 34.0. The molecule has 2 aliphatic rings. The number of likely N-dealkylation sites (tertiary alicyclic amines) is 1. The highest BCUT2D eigenvalue weighted by atomic mass is 19.1. The van der Waals surface area contributed by atoms with E-state index in [1.165, 1.54) is 25.1 Å². The van der Waals surface area contributed by atoms with Crippen LogP contribution in [0.25, 0.3) is 22.2 Å². The molecule has 1 N–H and O–H groups in total. The number of rotatable bonds is 5. The average molecular weight is 520 g/mol. The third kappa shape index (κ3) is 4.11. The lowest BCUT2D eigenvalue weighted by molar-refractivity contribution is 0.0783. The normalized spacial score (nSPS) is 23.2. The number of benzene rings is 1. The standard InChI is InChI=1S/C28H31F2N7O/c1-6-32-19-8-10-36(14-19)27(38)25-17(3)37(23-12-20-16(2)35(5)34-22(20)13-21(23)29)26(33-25)18-7-9-28(4,15-31)24(30)11-18/h7,9,11-13,19,24,32H,6,8,10,14H2,1-5H3/t19-,24?,28?/m0/s1. The van der Waals surface area contributed by atoms with Crippen LogP contribution in [0.5, 0.6) is 0 Å². The number of allylic oxidation sites excluding steroid dienone is 4. The Morgan fingerprint density at radius 1 is 1.32 bits per heavy atom. The van der Waals surface area contributed by atoms with Gasteiger partial charge in [0.15, 0.2) is 0 Å². The average Bonchev–Trinajstić information content (AvgIpc) is 3.57. The highest BCUT2D eigenvalue weighted by Gasteiger charge is 2.36. The minimum Gasteiger partial charge on any atom is -0.336 e. The summed E-state index contributed by atoms with van der Waals surface area (Å²) in [6.45, 7) is 9.11. The predicted octanol–water partition coefficient (Wildman–Crippen LogP) is 4.16. The molecule has 1 fully saturated rings. The van der Waals surface area contributed by atoms with Crippen molar-refractivity contribution in [3.63, 3.8) is 0 Å². The molecule has 198 valence electrons. The first-order valence-electron chi connectivity index (χ1n) is 12.8. The molecular formula is C28H31F2N7O. The molecule has 5 rings (SSSR count). The van der Waals surface area contributed by atoms with Gasteiger partial charge in [-0.15, -0.1) is 0 Å². The van der Waals surface area contributed by atoms with E-state index in [9.17, 15) is 10.1 Å². The molecule has 2 aromatic heterocycles. The number of nitriles is 1. The first-order chi connectivity index (χ1) is 18.1. The number of aromatic nitrogens is 4. The van der Waals surface area contributed by atoms with Crippen molar-refractivity contribution in [2.75, 3.05) is 19.6 Å². The van der Waals surface area contributed by atoms with Gasteiger partial charge in [0.1, 0.15) is 28.9 Å². The largest absolute Gasteiger partial charge is 0.336 e. The van der Waals surface area contributed by atoms with Gasteiger partial charge >= 0.3 is 0 Å². The van der Waals surface area contributed by atoms with E-state index < -0.39 is 17.4 Å². The number of halogens is 2. The van der Waals surface area contributed by atoms with Crippen LogP contribution in [0.4, 0.5) is 8.78 Å². The van der Waals surface area contributed by atoms with E-state index in [1.54, 1.807) is 40.3 Å². The van der Waals surface area contributed by atoms with Gasteiger partial charge in [0.2, 0.25) is 0 Å². The lowest BCUT2D eigenvalue weighted by atomic mass is 9.81. The quantitative estimate of drug-likeness (QED) is 0.547. The molecule has 10 heteroatoms. The van der Waals surface area contributed by atoms with Gasteiger partial charge in [-0.3, -0.25) is 14.0 Å². The molecule has 3 heterocycles. The Labute approximate surface area is 220 Å². The van der Waals surface area contributed by atoms with Gasteiger partial charge in [0.05, 0.1) is 23.0 Å². The number of aryl methyl sites for hydroxylation is 2. The zero-order valence-electron chi connectivity index (χ0n) is 22.2. The van der Waals surface area contributed by atoms with Gasteiger partial charge < -0.3 is 10.2 Å². The summed E-state index contributed by atoms with van der Waals surface area (Å²) in [6.07, 6.45) is 3.68. The molecule has 8 nitrogen and oxygen atoms in total. The van der Waals surface area contributed by atoms with E-state index in [2.05, 4.69) is 15.4 Å². The molecule has 0 bridgehead atoms. The molecule has 38 heavy (non-hydrogen) atoms. The SMILES string of the molecule is CCN[C@H]1CCN(C(=O)c2nc(C3=CC(F)C(C)(C#N)C=C3)n(-c3cc4c(C)n(C)nc4cc3F)c2C)C1. The van der Waals surface area contributed by atoms with Crippen LogP contribution in [0.1, 0.15) is 48.0 Å². The number of alkyl halides is 1. The molecule has 1 aliphatic heterocycles. The summed E-state index contributed by atoms with van der Waals surface area (Å²) in [5, 5.41) is 18.0. The number of amides is 1. The Balaban J connectivity index is 1.67. The number of imidazole rings is 1. The summed E-state index contributed by atoms with van der Waals surface area (Å²) in [4.78, 5) is 20.1. The fourth-order valence-corrected chi connectivity index (χ4v) is 5.24. The maximum Gasteiger partial charge on any atom is 0.274 e. The maximum atomic E-state index is 15.6. The third-order valence-corrected chi connectivity index (χ3v) is 7.72. The van der Waals surface area contributed by atoms with Crippen LogP contribution in [-0.4, -0.2) is 62.0 Å². The Hall–Kier alpha value is -3.84. The fourth-order valence-electron chi connectivity index (χ4n) is 5.24. The number of fused-ring (bicyclic) bond motifs is 1. The molecule has 0 saturated carbocycles. The second-order valence-electron chi connectivity index (χ2n) is 10.3. The molecule has 1 aliphatic carbocycles. The molecule has 1 aromatic carbocycles. The summed E-state index contributed by atoms with van der Waals surface area (Å²) in [6, 6.07) is 5.26. The van der Waals surface area contributed by atoms with Crippen LogP contribution >= 0.6 is 0 Å². The van der Waals surface area contributed by atoms with Crippen LogP contribution in [0.3, 0.4) is 0 Å². The van der Waals surface area contributed by atoms with E-state index >= 15 is 8.78 Å². The van der Waals surface area contributed by atoms with E-state index in [0.717, 1.165) is 24.0 Å². The van der Waals surface area contributed by atoms with E-state index in [-0.39, 0.29) is 29.2 Å². The number of hydrogen-bond acceptors (Lipinski definition) is 5.